The third kappa shape index (κ3) is 2.80. The minimum atomic E-state index is -0.117. The lowest BCUT2D eigenvalue weighted by molar-refractivity contribution is 0.415. The van der Waals surface area contributed by atoms with Gasteiger partial charge in [-0.25, -0.2) is 4.98 Å². The third-order valence-corrected chi connectivity index (χ3v) is 5.39. The second kappa shape index (κ2) is 6.42. The van der Waals surface area contributed by atoms with Gasteiger partial charge in [-0.3, -0.25) is 4.79 Å². The Kier molecular flexibility index (Phi) is 4.09. The maximum atomic E-state index is 12.9. The molecule has 0 aliphatic heterocycles. The van der Waals surface area contributed by atoms with E-state index in [1.807, 2.05) is 62.4 Å². The van der Waals surface area contributed by atoms with E-state index in [0.29, 0.717) is 11.2 Å². The number of aromatic amines is 1. The van der Waals surface area contributed by atoms with Crippen molar-refractivity contribution in [2.24, 2.45) is 0 Å². The quantitative estimate of drug-likeness (QED) is 0.561. The highest BCUT2D eigenvalue weighted by atomic mass is 32.1. The first-order valence-corrected chi connectivity index (χ1v) is 9.13. The van der Waals surface area contributed by atoms with Gasteiger partial charge in [-0.15, -0.1) is 11.3 Å². The van der Waals surface area contributed by atoms with E-state index in [4.69, 9.17) is 9.72 Å². The van der Waals surface area contributed by atoms with Crippen LogP contribution in [0.3, 0.4) is 0 Å². The van der Waals surface area contributed by atoms with Crippen LogP contribution in [0.5, 0.6) is 5.75 Å². The summed E-state index contributed by atoms with van der Waals surface area (Å²) >= 11 is 1.54. The molecule has 0 bridgehead atoms. The molecular weight excluding hydrogens is 344 g/mol. The molecule has 5 heteroatoms. The molecule has 26 heavy (non-hydrogen) atoms. The van der Waals surface area contributed by atoms with Gasteiger partial charge in [0.25, 0.3) is 5.56 Å². The van der Waals surface area contributed by atoms with Crippen LogP contribution in [0.15, 0.2) is 53.3 Å². The molecule has 0 unspecified atom stereocenters. The predicted octanol–water partition coefficient (Wildman–Crippen LogP) is 4.94. The van der Waals surface area contributed by atoms with Gasteiger partial charge in [0.05, 0.1) is 12.5 Å². The van der Waals surface area contributed by atoms with Crippen molar-refractivity contribution in [2.45, 2.75) is 13.8 Å². The van der Waals surface area contributed by atoms with Crippen molar-refractivity contribution in [3.8, 4) is 28.3 Å². The van der Waals surface area contributed by atoms with Gasteiger partial charge in [0, 0.05) is 16.0 Å². The molecule has 0 fully saturated rings. The molecule has 4 aromatic rings. The smallest absolute Gasteiger partial charge is 0.260 e. The van der Waals surface area contributed by atoms with Crippen molar-refractivity contribution in [2.75, 3.05) is 7.11 Å². The monoisotopic (exact) mass is 362 g/mol. The van der Waals surface area contributed by atoms with Gasteiger partial charge in [0.2, 0.25) is 0 Å². The number of thiophene rings is 1. The van der Waals surface area contributed by atoms with Gasteiger partial charge in [-0.1, -0.05) is 35.9 Å². The average molecular weight is 362 g/mol. The first-order chi connectivity index (χ1) is 12.6. The van der Waals surface area contributed by atoms with E-state index in [1.54, 1.807) is 18.4 Å². The first-order valence-electron chi connectivity index (χ1n) is 8.31. The van der Waals surface area contributed by atoms with Crippen molar-refractivity contribution in [1.82, 2.24) is 9.97 Å². The molecule has 2 heterocycles. The molecular formula is C21H18N2O2S. The zero-order valence-corrected chi connectivity index (χ0v) is 15.6. The number of ether oxygens (including phenoxy) is 1. The lowest BCUT2D eigenvalue weighted by Gasteiger charge is -2.06. The van der Waals surface area contributed by atoms with Crippen molar-refractivity contribution >= 4 is 21.6 Å². The van der Waals surface area contributed by atoms with Crippen LogP contribution >= 0.6 is 11.3 Å². The highest BCUT2D eigenvalue weighted by molar-refractivity contribution is 7.19. The van der Waals surface area contributed by atoms with Gasteiger partial charge >= 0.3 is 0 Å². The highest BCUT2D eigenvalue weighted by Gasteiger charge is 2.17. The van der Waals surface area contributed by atoms with E-state index in [9.17, 15) is 4.79 Å². The van der Waals surface area contributed by atoms with E-state index in [-0.39, 0.29) is 5.56 Å². The molecule has 0 aliphatic rings. The van der Waals surface area contributed by atoms with Crippen LogP contribution in [0, 0.1) is 13.8 Å². The van der Waals surface area contributed by atoms with Crippen LogP contribution < -0.4 is 10.3 Å². The molecule has 0 radical (unpaired) electrons. The Morgan fingerprint density at radius 1 is 1.04 bits per heavy atom. The Labute approximate surface area is 155 Å². The van der Waals surface area contributed by atoms with Crippen LogP contribution in [-0.4, -0.2) is 17.1 Å². The lowest BCUT2D eigenvalue weighted by atomic mass is 10.0. The SMILES string of the molecule is COc1cccc(-c2c(C)sc3nc(-c4cccc(C)c4)[nH]c(=O)c23)c1. The molecule has 0 saturated heterocycles. The summed E-state index contributed by atoms with van der Waals surface area (Å²) < 4.78 is 5.33. The number of hydrogen-bond acceptors (Lipinski definition) is 4. The molecule has 130 valence electrons. The molecule has 0 spiro atoms. The number of nitrogens with one attached hydrogen (secondary N) is 1. The summed E-state index contributed by atoms with van der Waals surface area (Å²) in [6.07, 6.45) is 0. The fourth-order valence-corrected chi connectivity index (χ4v) is 4.22. The summed E-state index contributed by atoms with van der Waals surface area (Å²) in [5.41, 5.74) is 3.81. The Balaban J connectivity index is 1.95. The fraction of sp³-hybridized carbons (Fsp3) is 0.143. The molecule has 2 aromatic carbocycles. The van der Waals surface area contributed by atoms with E-state index in [1.165, 1.54) is 0 Å². The number of H-pyrrole nitrogens is 1. The van der Waals surface area contributed by atoms with Crippen LogP contribution in [0.1, 0.15) is 10.4 Å². The van der Waals surface area contributed by atoms with Crippen molar-refractivity contribution in [1.29, 1.82) is 0 Å². The maximum absolute atomic E-state index is 12.9. The minimum absolute atomic E-state index is 0.117. The lowest BCUT2D eigenvalue weighted by Crippen LogP contribution is -2.09. The number of aryl methyl sites for hydroxylation is 2. The van der Waals surface area contributed by atoms with Crippen LogP contribution in [0.25, 0.3) is 32.7 Å². The second-order valence-corrected chi connectivity index (χ2v) is 7.43. The summed E-state index contributed by atoms with van der Waals surface area (Å²) in [5, 5.41) is 0.636. The molecule has 0 aliphatic carbocycles. The number of rotatable bonds is 3. The van der Waals surface area contributed by atoms with Crippen LogP contribution in [0.4, 0.5) is 0 Å². The summed E-state index contributed by atoms with van der Waals surface area (Å²) in [6.45, 7) is 4.04. The zero-order chi connectivity index (χ0) is 18.3. The van der Waals surface area contributed by atoms with Gasteiger partial charge in [-0.2, -0.15) is 0 Å². The van der Waals surface area contributed by atoms with Gasteiger partial charge in [-0.05, 0) is 37.6 Å². The van der Waals surface area contributed by atoms with Crippen molar-refractivity contribution in [3.63, 3.8) is 0 Å². The number of fused-ring (bicyclic) bond motifs is 1. The minimum Gasteiger partial charge on any atom is -0.497 e. The van der Waals surface area contributed by atoms with Gasteiger partial charge < -0.3 is 9.72 Å². The molecule has 0 amide bonds. The fourth-order valence-electron chi connectivity index (χ4n) is 3.17. The predicted molar refractivity (Wildman–Crippen MR) is 107 cm³/mol. The van der Waals surface area contributed by atoms with E-state index < -0.39 is 0 Å². The molecule has 1 N–H and O–H groups in total. The molecule has 4 nitrogen and oxygen atoms in total. The van der Waals surface area contributed by atoms with E-state index in [2.05, 4.69) is 4.98 Å². The maximum Gasteiger partial charge on any atom is 0.260 e. The van der Waals surface area contributed by atoms with Crippen molar-refractivity contribution in [3.05, 3.63) is 69.3 Å². The molecule has 0 atom stereocenters. The molecule has 4 rings (SSSR count). The third-order valence-electron chi connectivity index (χ3n) is 4.39. The van der Waals surface area contributed by atoms with Gasteiger partial charge in [0.1, 0.15) is 16.4 Å². The Hall–Kier alpha value is -2.92. The Bertz CT molecular complexity index is 1170. The number of aromatic nitrogens is 2. The number of hydrogen-bond donors (Lipinski definition) is 1. The summed E-state index contributed by atoms with van der Waals surface area (Å²) in [5.74, 6) is 1.37. The van der Waals surface area contributed by atoms with Crippen LogP contribution in [0.2, 0.25) is 0 Å². The average Bonchev–Trinajstić information content (AvgIpc) is 2.98. The zero-order valence-electron chi connectivity index (χ0n) is 14.8. The normalized spacial score (nSPS) is 11.0. The van der Waals surface area contributed by atoms with Gasteiger partial charge in [0.15, 0.2) is 0 Å². The summed E-state index contributed by atoms with van der Waals surface area (Å²) in [4.78, 5) is 22.4. The highest BCUT2D eigenvalue weighted by Crippen LogP contribution is 2.37. The van der Waals surface area contributed by atoms with E-state index >= 15 is 0 Å². The number of benzene rings is 2. The summed E-state index contributed by atoms with van der Waals surface area (Å²) in [7, 11) is 1.64. The van der Waals surface area contributed by atoms with Crippen molar-refractivity contribution < 1.29 is 4.74 Å². The number of nitrogens with zero attached hydrogens (tertiary/aromatic N) is 1. The van der Waals surface area contributed by atoms with Crippen LogP contribution in [-0.2, 0) is 0 Å². The standard InChI is InChI=1S/C21H18N2O2S/c1-12-6-4-8-15(10-12)19-22-20(24)18-17(13(2)26-21(18)23-19)14-7-5-9-16(11-14)25-3/h4-11H,1-3H3,(H,22,23,24). The second-order valence-electron chi connectivity index (χ2n) is 6.23. The Morgan fingerprint density at radius 3 is 2.58 bits per heavy atom. The Morgan fingerprint density at radius 2 is 1.81 bits per heavy atom. The molecule has 0 saturated carbocycles. The number of methoxy groups -OCH3 is 1. The summed E-state index contributed by atoms with van der Waals surface area (Å²) in [6, 6.07) is 15.7. The molecule has 2 aromatic heterocycles. The first kappa shape index (κ1) is 16.5. The largest absolute Gasteiger partial charge is 0.497 e. The topological polar surface area (TPSA) is 55.0 Å². The van der Waals surface area contributed by atoms with E-state index in [0.717, 1.165) is 37.7 Å².